The van der Waals surface area contributed by atoms with Crippen molar-refractivity contribution in [2.24, 2.45) is 0 Å². The number of carbonyl (C=O) groups is 1. The first kappa shape index (κ1) is 14.6. The van der Waals surface area contributed by atoms with Crippen LogP contribution in [-0.2, 0) is 4.74 Å². The predicted octanol–water partition coefficient (Wildman–Crippen LogP) is 1.78. The van der Waals surface area contributed by atoms with E-state index in [1.54, 1.807) is 38.4 Å². The molecule has 0 radical (unpaired) electrons. The number of halogens is 1. The van der Waals surface area contributed by atoms with Gasteiger partial charge in [0.2, 0.25) is 0 Å². The number of rotatable bonds is 5. The van der Waals surface area contributed by atoms with Crippen LogP contribution in [0, 0.1) is 0 Å². The van der Waals surface area contributed by atoms with Crippen LogP contribution in [0.4, 0.5) is 4.79 Å². The van der Waals surface area contributed by atoms with Crippen molar-refractivity contribution in [3.63, 3.8) is 0 Å². The molecule has 0 fully saturated rings. The zero-order valence-corrected chi connectivity index (χ0v) is 11.1. The van der Waals surface area contributed by atoms with Gasteiger partial charge >= 0.3 is 6.09 Å². The van der Waals surface area contributed by atoms with E-state index >= 15 is 0 Å². The Labute approximate surface area is 111 Å². The lowest BCUT2D eigenvalue weighted by Gasteiger charge is -2.15. The Morgan fingerprint density at radius 3 is 2.50 bits per heavy atom. The minimum absolute atomic E-state index is 0.0440. The number of hydrogen-bond acceptors (Lipinski definition) is 4. The largest absolute Gasteiger partial charge is 0.491 e. The molecule has 1 aromatic carbocycles. The van der Waals surface area contributed by atoms with Crippen LogP contribution in [0.5, 0.6) is 5.75 Å². The summed E-state index contributed by atoms with van der Waals surface area (Å²) in [7, 11) is 3.14. The maximum Gasteiger partial charge on any atom is 0.409 e. The lowest BCUT2D eigenvalue weighted by Crippen LogP contribution is -2.29. The van der Waals surface area contributed by atoms with E-state index in [2.05, 4.69) is 0 Å². The third-order valence-corrected chi connectivity index (χ3v) is 2.27. The zero-order valence-electron chi connectivity index (χ0n) is 10.3. The molecule has 0 saturated carbocycles. The predicted molar refractivity (Wildman–Crippen MR) is 68.0 cm³/mol. The van der Waals surface area contributed by atoms with Crippen LogP contribution in [0.15, 0.2) is 24.3 Å². The van der Waals surface area contributed by atoms with Gasteiger partial charge < -0.3 is 19.5 Å². The van der Waals surface area contributed by atoms with Gasteiger partial charge in [0.15, 0.2) is 0 Å². The fourth-order valence-corrected chi connectivity index (χ4v) is 1.19. The Morgan fingerprint density at radius 2 is 1.94 bits per heavy atom. The summed E-state index contributed by atoms with van der Waals surface area (Å²) in [4.78, 5) is 12.4. The van der Waals surface area contributed by atoms with Gasteiger partial charge in [0, 0.05) is 19.1 Å². The summed E-state index contributed by atoms with van der Waals surface area (Å²) >= 11 is 5.72. The summed E-state index contributed by atoms with van der Waals surface area (Å²) in [5.74, 6) is 0.595. The second kappa shape index (κ2) is 7.08. The first-order chi connectivity index (χ1) is 8.49. The maximum absolute atomic E-state index is 11.1. The van der Waals surface area contributed by atoms with E-state index in [0.717, 1.165) is 0 Å². The lowest BCUT2D eigenvalue weighted by atomic mass is 10.3. The van der Waals surface area contributed by atoms with Crippen molar-refractivity contribution in [2.75, 3.05) is 27.3 Å². The second-order valence-electron chi connectivity index (χ2n) is 3.89. The molecule has 1 rings (SSSR count). The van der Waals surface area contributed by atoms with Crippen LogP contribution in [-0.4, -0.2) is 49.5 Å². The van der Waals surface area contributed by atoms with Crippen LogP contribution in [0.2, 0.25) is 5.02 Å². The molecule has 0 spiro atoms. The Hall–Kier alpha value is -1.46. The van der Waals surface area contributed by atoms with Crippen molar-refractivity contribution < 1.29 is 19.4 Å². The molecule has 0 aliphatic heterocycles. The van der Waals surface area contributed by atoms with E-state index in [-0.39, 0.29) is 13.2 Å². The van der Waals surface area contributed by atoms with Crippen molar-refractivity contribution >= 4 is 17.7 Å². The van der Waals surface area contributed by atoms with Crippen molar-refractivity contribution in [3.8, 4) is 5.75 Å². The highest BCUT2D eigenvalue weighted by molar-refractivity contribution is 6.30. The monoisotopic (exact) mass is 273 g/mol. The molecule has 0 bridgehead atoms. The number of benzene rings is 1. The summed E-state index contributed by atoms with van der Waals surface area (Å²) in [6.07, 6.45) is -1.37. The minimum atomic E-state index is -0.871. The van der Waals surface area contributed by atoms with Crippen molar-refractivity contribution in [1.29, 1.82) is 0 Å². The molecule has 5 nitrogen and oxygen atoms in total. The molecule has 1 amide bonds. The third-order valence-electron chi connectivity index (χ3n) is 2.02. The quantitative estimate of drug-likeness (QED) is 0.888. The molecule has 0 aromatic heterocycles. The minimum Gasteiger partial charge on any atom is -0.491 e. The van der Waals surface area contributed by atoms with Crippen molar-refractivity contribution in [3.05, 3.63) is 29.3 Å². The highest BCUT2D eigenvalue weighted by Gasteiger charge is 2.10. The molecule has 0 heterocycles. The van der Waals surface area contributed by atoms with Crippen LogP contribution >= 0.6 is 11.6 Å². The Balaban J connectivity index is 2.26. The van der Waals surface area contributed by atoms with Gasteiger partial charge in [-0.25, -0.2) is 4.79 Å². The highest BCUT2D eigenvalue weighted by Crippen LogP contribution is 2.15. The molecule has 0 aliphatic rings. The standard InChI is InChI=1S/C12H16ClNO4/c1-14(2)12(16)18-8-10(15)7-17-11-5-3-9(13)4-6-11/h3-6,10,15H,7-8H2,1-2H3. The van der Waals surface area contributed by atoms with Crippen LogP contribution < -0.4 is 4.74 Å². The molecule has 1 atom stereocenters. The van der Waals surface area contributed by atoms with Gasteiger partial charge in [-0.05, 0) is 24.3 Å². The fraction of sp³-hybridized carbons (Fsp3) is 0.417. The summed E-state index contributed by atoms with van der Waals surface area (Å²) in [6.45, 7) is -0.0626. The summed E-state index contributed by atoms with van der Waals surface area (Å²) in [6, 6.07) is 6.77. The average Bonchev–Trinajstić information content (AvgIpc) is 2.35. The Bertz CT molecular complexity index is 380. The van der Waals surface area contributed by atoms with Gasteiger partial charge in [-0.2, -0.15) is 0 Å². The average molecular weight is 274 g/mol. The first-order valence-electron chi connectivity index (χ1n) is 5.39. The molecule has 0 saturated heterocycles. The van der Waals surface area contributed by atoms with Crippen LogP contribution in [0.1, 0.15) is 0 Å². The smallest absolute Gasteiger partial charge is 0.409 e. The van der Waals surface area contributed by atoms with E-state index < -0.39 is 12.2 Å². The summed E-state index contributed by atoms with van der Waals surface area (Å²) in [5, 5.41) is 10.2. The molecule has 0 aliphatic carbocycles. The number of aliphatic hydroxyl groups is 1. The number of hydrogen-bond donors (Lipinski definition) is 1. The molecule has 1 N–H and O–H groups in total. The van der Waals surface area contributed by atoms with Gasteiger partial charge in [0.05, 0.1) is 0 Å². The summed E-state index contributed by atoms with van der Waals surface area (Å²) in [5.41, 5.74) is 0. The molecule has 6 heteroatoms. The van der Waals surface area contributed by atoms with Crippen molar-refractivity contribution in [1.82, 2.24) is 4.90 Å². The fourth-order valence-electron chi connectivity index (χ4n) is 1.07. The molecule has 1 unspecified atom stereocenters. The molecule has 1 aromatic rings. The van der Waals surface area contributed by atoms with Gasteiger partial charge in [0.1, 0.15) is 25.1 Å². The van der Waals surface area contributed by atoms with Gasteiger partial charge in [0.25, 0.3) is 0 Å². The Morgan fingerprint density at radius 1 is 1.33 bits per heavy atom. The summed E-state index contributed by atoms with van der Waals surface area (Å²) < 4.78 is 10.1. The topological polar surface area (TPSA) is 59.0 Å². The molecule has 18 heavy (non-hydrogen) atoms. The first-order valence-corrected chi connectivity index (χ1v) is 5.77. The third kappa shape index (κ3) is 5.25. The normalized spacial score (nSPS) is 11.8. The van der Waals surface area contributed by atoms with E-state index in [1.165, 1.54) is 4.90 Å². The van der Waals surface area contributed by atoms with Gasteiger partial charge in [-0.3, -0.25) is 0 Å². The number of amides is 1. The van der Waals surface area contributed by atoms with E-state index in [0.29, 0.717) is 10.8 Å². The second-order valence-corrected chi connectivity index (χ2v) is 4.33. The van der Waals surface area contributed by atoms with Crippen LogP contribution in [0.3, 0.4) is 0 Å². The van der Waals surface area contributed by atoms with Gasteiger partial charge in [-0.1, -0.05) is 11.6 Å². The molecular formula is C12H16ClNO4. The van der Waals surface area contributed by atoms with E-state index in [1.807, 2.05) is 0 Å². The maximum atomic E-state index is 11.1. The van der Waals surface area contributed by atoms with Crippen molar-refractivity contribution in [2.45, 2.75) is 6.10 Å². The van der Waals surface area contributed by atoms with E-state index in [4.69, 9.17) is 21.1 Å². The van der Waals surface area contributed by atoms with E-state index in [9.17, 15) is 9.90 Å². The molecular weight excluding hydrogens is 258 g/mol. The van der Waals surface area contributed by atoms with Gasteiger partial charge in [-0.15, -0.1) is 0 Å². The number of aliphatic hydroxyl groups excluding tert-OH is 1. The SMILES string of the molecule is CN(C)C(=O)OCC(O)COc1ccc(Cl)cc1. The number of nitrogens with zero attached hydrogens (tertiary/aromatic N) is 1. The zero-order chi connectivity index (χ0) is 13.5. The number of carbonyl (C=O) groups excluding carboxylic acids is 1. The molecule has 100 valence electrons. The highest BCUT2D eigenvalue weighted by atomic mass is 35.5. The Kier molecular flexibility index (Phi) is 5.74. The number of ether oxygens (including phenoxy) is 2. The lowest BCUT2D eigenvalue weighted by molar-refractivity contribution is 0.0303. The van der Waals surface area contributed by atoms with Crippen LogP contribution in [0.25, 0.3) is 0 Å².